The molecule has 8 heteroatoms. The number of ether oxygens (including phenoxy) is 2. The summed E-state index contributed by atoms with van der Waals surface area (Å²) in [5, 5.41) is 11.1. The Morgan fingerprint density at radius 3 is 2.58 bits per heavy atom. The van der Waals surface area contributed by atoms with E-state index < -0.39 is 0 Å². The molecule has 0 N–H and O–H groups in total. The minimum atomic E-state index is 0.0845. The van der Waals surface area contributed by atoms with Crippen LogP contribution >= 0.6 is 11.9 Å². The van der Waals surface area contributed by atoms with Crippen LogP contribution in [-0.2, 0) is 4.74 Å². The lowest BCUT2D eigenvalue weighted by molar-refractivity contribution is 0.0254. The Morgan fingerprint density at radius 2 is 1.82 bits per heavy atom. The van der Waals surface area contributed by atoms with Crippen molar-refractivity contribution in [3.05, 3.63) is 72.6 Å². The van der Waals surface area contributed by atoms with E-state index in [9.17, 15) is 5.26 Å². The maximum Gasteiger partial charge on any atom is 0.150 e. The number of piperazine rings is 1. The normalized spacial score (nSPS) is 17.0. The fourth-order valence-electron chi connectivity index (χ4n) is 5.06. The molecule has 2 fully saturated rings. The van der Waals surface area contributed by atoms with Crippen LogP contribution in [0.5, 0.6) is 5.75 Å². The zero-order chi connectivity index (χ0) is 25.9. The summed E-state index contributed by atoms with van der Waals surface area (Å²) in [6.45, 7) is 5.44. The molecule has 0 amide bonds. The number of nitriles is 1. The Balaban J connectivity index is 1.39. The average molecular weight is 526 g/mol. The van der Waals surface area contributed by atoms with E-state index in [0.29, 0.717) is 24.5 Å². The van der Waals surface area contributed by atoms with Gasteiger partial charge in [-0.2, -0.15) is 5.26 Å². The van der Waals surface area contributed by atoms with Crippen molar-refractivity contribution >= 4 is 28.7 Å². The summed E-state index contributed by atoms with van der Waals surface area (Å²) >= 11 is 1.64. The van der Waals surface area contributed by atoms with Crippen LogP contribution in [0.1, 0.15) is 18.4 Å². The highest BCUT2D eigenvalue weighted by molar-refractivity contribution is 7.98. The number of fused-ring (bicyclic) bond motifs is 1. The van der Waals surface area contributed by atoms with E-state index in [-0.39, 0.29) is 6.10 Å². The number of nitrogens with zero attached hydrogens (tertiary/aromatic N) is 5. The third kappa shape index (κ3) is 5.23. The number of hydrogen-bond donors (Lipinski definition) is 0. The molecule has 2 saturated heterocycles. The molecule has 2 aliphatic heterocycles. The molecular formula is C30H31N5O2S. The third-order valence-corrected chi connectivity index (χ3v) is 8.24. The van der Waals surface area contributed by atoms with Crippen molar-refractivity contribution in [2.45, 2.75) is 23.8 Å². The predicted molar refractivity (Wildman–Crippen MR) is 152 cm³/mol. The van der Waals surface area contributed by atoms with Gasteiger partial charge in [0.1, 0.15) is 17.9 Å². The maximum absolute atomic E-state index is 9.98. The Bertz CT molecular complexity index is 1450. The maximum atomic E-state index is 9.98. The number of likely N-dealkylation sites (N-methyl/N-ethyl adjacent to an activating group) is 1. The van der Waals surface area contributed by atoms with Gasteiger partial charge < -0.3 is 19.3 Å². The molecule has 0 aliphatic carbocycles. The van der Waals surface area contributed by atoms with Gasteiger partial charge in [0.05, 0.1) is 30.7 Å². The molecule has 2 aromatic heterocycles. The fourth-order valence-corrected chi connectivity index (χ4v) is 5.96. The lowest BCUT2D eigenvalue weighted by Crippen LogP contribution is -2.44. The summed E-state index contributed by atoms with van der Waals surface area (Å²) < 4.78 is 13.8. The minimum absolute atomic E-state index is 0.0845. The Hall–Kier alpha value is -3.51. The summed E-state index contributed by atoms with van der Waals surface area (Å²) in [5.74, 6) is 0.641. The van der Waals surface area contributed by atoms with Crippen LogP contribution < -0.4 is 9.64 Å². The van der Waals surface area contributed by atoms with Crippen molar-refractivity contribution in [2.75, 3.05) is 51.3 Å². The lowest BCUT2D eigenvalue weighted by Gasteiger charge is -2.33. The van der Waals surface area contributed by atoms with Crippen LogP contribution in [-0.4, -0.2) is 66.4 Å². The van der Waals surface area contributed by atoms with Crippen molar-refractivity contribution in [2.24, 2.45) is 0 Å². The number of benzene rings is 2. The van der Waals surface area contributed by atoms with Crippen LogP contribution in [0.15, 0.2) is 71.9 Å². The van der Waals surface area contributed by atoms with E-state index >= 15 is 0 Å². The van der Waals surface area contributed by atoms with Gasteiger partial charge in [0.2, 0.25) is 0 Å². The third-order valence-electron chi connectivity index (χ3n) is 7.29. The Morgan fingerprint density at radius 1 is 1.03 bits per heavy atom. The molecule has 2 aromatic carbocycles. The second-order valence-corrected chi connectivity index (χ2v) is 10.9. The molecule has 0 spiro atoms. The van der Waals surface area contributed by atoms with Crippen LogP contribution in [0.3, 0.4) is 0 Å². The molecule has 4 heterocycles. The number of pyridine rings is 1. The van der Waals surface area contributed by atoms with Gasteiger partial charge in [0, 0.05) is 61.1 Å². The van der Waals surface area contributed by atoms with E-state index in [4.69, 9.17) is 14.5 Å². The largest absolute Gasteiger partial charge is 0.489 e. The number of rotatable bonds is 6. The molecule has 38 heavy (non-hydrogen) atoms. The van der Waals surface area contributed by atoms with Gasteiger partial charge in [-0.3, -0.25) is 3.97 Å². The van der Waals surface area contributed by atoms with Gasteiger partial charge in [-0.15, -0.1) is 0 Å². The SMILES string of the molecule is CN1CCN(c2cnc3c(c2)c(-c2ccc(OC4CCOCC4)c(C#N)c2)cn3Sc2ccccc2)CC1. The molecule has 0 radical (unpaired) electrons. The molecule has 2 aliphatic rings. The summed E-state index contributed by atoms with van der Waals surface area (Å²) in [5.41, 5.74) is 4.63. The van der Waals surface area contributed by atoms with Gasteiger partial charge in [-0.25, -0.2) is 4.98 Å². The van der Waals surface area contributed by atoms with Crippen LogP contribution in [0.25, 0.3) is 22.2 Å². The van der Waals surface area contributed by atoms with Crippen LogP contribution in [0, 0.1) is 11.3 Å². The molecule has 4 aromatic rings. The molecule has 7 nitrogen and oxygen atoms in total. The van der Waals surface area contributed by atoms with E-state index in [2.05, 4.69) is 57.4 Å². The smallest absolute Gasteiger partial charge is 0.150 e. The van der Waals surface area contributed by atoms with Crippen molar-refractivity contribution in [3.8, 4) is 22.9 Å². The summed E-state index contributed by atoms with van der Waals surface area (Å²) in [6.07, 6.45) is 5.90. The summed E-state index contributed by atoms with van der Waals surface area (Å²) in [4.78, 5) is 10.8. The highest BCUT2D eigenvalue weighted by Gasteiger charge is 2.21. The quantitative estimate of drug-likeness (QED) is 0.332. The standard InChI is InChI=1S/C30H31N5O2S/c1-33-11-13-34(14-12-33)24-18-27-28(21-35(30(27)32-20-24)38-26-5-3-2-4-6-26)22-7-8-29(23(17-22)19-31)37-25-9-15-36-16-10-25/h2-8,17-18,20-21,25H,9-16H2,1H3. The van der Waals surface area contributed by atoms with Gasteiger partial charge in [-0.05, 0) is 54.9 Å². The van der Waals surface area contributed by atoms with Gasteiger partial charge in [0.15, 0.2) is 5.65 Å². The van der Waals surface area contributed by atoms with Crippen molar-refractivity contribution in [1.29, 1.82) is 5.26 Å². The highest BCUT2D eigenvalue weighted by Crippen LogP contribution is 2.38. The molecule has 0 bridgehead atoms. The zero-order valence-electron chi connectivity index (χ0n) is 21.5. The molecular weight excluding hydrogens is 494 g/mol. The lowest BCUT2D eigenvalue weighted by atomic mass is 10.0. The fraction of sp³-hybridized carbons (Fsp3) is 0.333. The summed E-state index contributed by atoms with van der Waals surface area (Å²) in [6, 6.07) is 20.9. The first-order chi connectivity index (χ1) is 18.7. The summed E-state index contributed by atoms with van der Waals surface area (Å²) in [7, 11) is 2.17. The first-order valence-electron chi connectivity index (χ1n) is 13.1. The zero-order valence-corrected chi connectivity index (χ0v) is 22.4. The van der Waals surface area contributed by atoms with E-state index in [1.54, 1.807) is 11.9 Å². The monoisotopic (exact) mass is 525 g/mol. The highest BCUT2D eigenvalue weighted by atomic mass is 32.2. The Labute approximate surface area is 227 Å². The Kier molecular flexibility index (Phi) is 7.23. The topological polar surface area (TPSA) is 66.5 Å². The van der Waals surface area contributed by atoms with E-state index in [0.717, 1.165) is 71.8 Å². The van der Waals surface area contributed by atoms with Gasteiger partial charge in [0.25, 0.3) is 0 Å². The molecule has 0 saturated carbocycles. The van der Waals surface area contributed by atoms with Crippen molar-refractivity contribution < 1.29 is 9.47 Å². The molecule has 0 unspecified atom stereocenters. The second kappa shape index (κ2) is 11.1. The first kappa shape index (κ1) is 24.8. The first-order valence-corrected chi connectivity index (χ1v) is 13.9. The average Bonchev–Trinajstić information content (AvgIpc) is 3.32. The van der Waals surface area contributed by atoms with Crippen molar-refractivity contribution in [1.82, 2.24) is 13.9 Å². The minimum Gasteiger partial charge on any atom is -0.489 e. The number of anilines is 1. The van der Waals surface area contributed by atoms with E-state index in [1.807, 2.05) is 36.5 Å². The van der Waals surface area contributed by atoms with Gasteiger partial charge >= 0.3 is 0 Å². The number of hydrogen-bond acceptors (Lipinski definition) is 7. The molecule has 0 atom stereocenters. The molecule has 6 rings (SSSR count). The van der Waals surface area contributed by atoms with Crippen molar-refractivity contribution in [3.63, 3.8) is 0 Å². The van der Waals surface area contributed by atoms with Crippen LogP contribution in [0.2, 0.25) is 0 Å². The van der Waals surface area contributed by atoms with Crippen LogP contribution in [0.4, 0.5) is 5.69 Å². The molecule has 194 valence electrons. The predicted octanol–water partition coefficient (Wildman–Crippen LogP) is 5.44. The van der Waals surface area contributed by atoms with E-state index in [1.165, 1.54) is 0 Å². The second-order valence-electron chi connectivity index (χ2n) is 9.88. The van der Waals surface area contributed by atoms with Gasteiger partial charge in [-0.1, -0.05) is 24.3 Å². The number of aromatic nitrogens is 2.